The highest BCUT2D eigenvalue weighted by Crippen LogP contribution is 2.36. The molecule has 1 aromatic carbocycles. The monoisotopic (exact) mass is 288 g/mol. The summed E-state index contributed by atoms with van der Waals surface area (Å²) < 4.78 is 5.96. The van der Waals surface area contributed by atoms with E-state index in [-0.39, 0.29) is 0 Å². The fourth-order valence-corrected chi connectivity index (χ4v) is 3.72. The molecule has 2 fully saturated rings. The van der Waals surface area contributed by atoms with Crippen molar-refractivity contribution >= 4 is 5.69 Å². The molecule has 116 valence electrons. The standard InChI is InChI=1S/C18H28N2O/c1-13(2)12-21-18-7-5-4-6-17(18)19-14-10-15-8-9-16(11-14)20(15)3/h4-7,13-16,19H,8-12H2,1-3H3. The molecule has 2 aliphatic rings. The summed E-state index contributed by atoms with van der Waals surface area (Å²) in [5.41, 5.74) is 1.16. The van der Waals surface area contributed by atoms with Gasteiger partial charge in [-0.1, -0.05) is 26.0 Å². The molecule has 0 amide bonds. The molecule has 2 saturated heterocycles. The van der Waals surface area contributed by atoms with Gasteiger partial charge in [0.15, 0.2) is 0 Å². The van der Waals surface area contributed by atoms with E-state index in [1.54, 1.807) is 0 Å². The molecule has 1 N–H and O–H groups in total. The third kappa shape index (κ3) is 3.34. The number of fused-ring (bicyclic) bond motifs is 2. The second-order valence-corrected chi connectivity index (χ2v) is 7.06. The van der Waals surface area contributed by atoms with Gasteiger partial charge in [-0.05, 0) is 50.8 Å². The molecular weight excluding hydrogens is 260 g/mol. The highest BCUT2D eigenvalue weighted by atomic mass is 16.5. The number of rotatable bonds is 5. The molecule has 3 nitrogen and oxygen atoms in total. The van der Waals surface area contributed by atoms with Crippen molar-refractivity contribution in [3.8, 4) is 5.75 Å². The van der Waals surface area contributed by atoms with Gasteiger partial charge in [-0.2, -0.15) is 0 Å². The minimum absolute atomic E-state index is 0.553. The van der Waals surface area contributed by atoms with Gasteiger partial charge >= 0.3 is 0 Å². The topological polar surface area (TPSA) is 24.5 Å². The summed E-state index contributed by atoms with van der Waals surface area (Å²) in [4.78, 5) is 2.58. The molecule has 0 radical (unpaired) electrons. The summed E-state index contributed by atoms with van der Waals surface area (Å²) in [6.45, 7) is 5.15. The third-order valence-corrected chi connectivity index (χ3v) is 4.92. The van der Waals surface area contributed by atoms with Crippen LogP contribution in [0.5, 0.6) is 5.75 Å². The molecule has 2 atom stereocenters. The van der Waals surface area contributed by atoms with Crippen LogP contribution in [-0.4, -0.2) is 36.7 Å². The van der Waals surface area contributed by atoms with Gasteiger partial charge in [0, 0.05) is 18.1 Å². The Balaban J connectivity index is 1.65. The van der Waals surface area contributed by atoms with Gasteiger partial charge in [0.2, 0.25) is 0 Å². The molecule has 21 heavy (non-hydrogen) atoms. The lowest BCUT2D eigenvalue weighted by Gasteiger charge is -2.37. The number of anilines is 1. The van der Waals surface area contributed by atoms with Gasteiger partial charge in [0.25, 0.3) is 0 Å². The van der Waals surface area contributed by atoms with Crippen molar-refractivity contribution in [1.29, 1.82) is 0 Å². The van der Waals surface area contributed by atoms with Crippen LogP contribution in [0.2, 0.25) is 0 Å². The van der Waals surface area contributed by atoms with E-state index in [0.29, 0.717) is 12.0 Å². The average molecular weight is 288 g/mol. The first-order chi connectivity index (χ1) is 10.1. The zero-order valence-corrected chi connectivity index (χ0v) is 13.5. The van der Waals surface area contributed by atoms with E-state index in [1.807, 2.05) is 0 Å². The Hall–Kier alpha value is -1.22. The summed E-state index contributed by atoms with van der Waals surface area (Å²) >= 11 is 0. The van der Waals surface area contributed by atoms with Crippen LogP contribution < -0.4 is 10.1 Å². The van der Waals surface area contributed by atoms with E-state index in [9.17, 15) is 0 Å². The first-order valence-electron chi connectivity index (χ1n) is 8.33. The molecule has 0 spiro atoms. The molecule has 2 bridgehead atoms. The van der Waals surface area contributed by atoms with Crippen LogP contribution in [0.1, 0.15) is 39.5 Å². The van der Waals surface area contributed by atoms with Gasteiger partial charge in [0.1, 0.15) is 5.75 Å². The Morgan fingerprint density at radius 1 is 1.19 bits per heavy atom. The van der Waals surface area contributed by atoms with E-state index < -0.39 is 0 Å². The molecular formula is C18H28N2O. The highest BCUT2D eigenvalue weighted by Gasteiger charge is 2.38. The fourth-order valence-electron chi connectivity index (χ4n) is 3.72. The predicted molar refractivity (Wildman–Crippen MR) is 88.0 cm³/mol. The lowest BCUT2D eigenvalue weighted by atomic mass is 9.97. The summed E-state index contributed by atoms with van der Waals surface area (Å²) in [6, 6.07) is 10.5. The lowest BCUT2D eigenvalue weighted by Crippen LogP contribution is -2.44. The van der Waals surface area contributed by atoms with Crippen LogP contribution in [0, 0.1) is 5.92 Å². The summed E-state index contributed by atoms with van der Waals surface area (Å²) in [7, 11) is 2.29. The molecule has 0 aliphatic carbocycles. The number of para-hydroxylation sites is 2. The number of piperidine rings is 1. The van der Waals surface area contributed by atoms with Crippen molar-refractivity contribution in [3.63, 3.8) is 0 Å². The van der Waals surface area contributed by atoms with E-state index in [0.717, 1.165) is 30.1 Å². The Bertz CT molecular complexity index is 460. The summed E-state index contributed by atoms with van der Waals surface area (Å²) in [5, 5.41) is 3.74. The van der Waals surface area contributed by atoms with Crippen LogP contribution in [0.15, 0.2) is 24.3 Å². The highest BCUT2D eigenvalue weighted by molar-refractivity contribution is 5.56. The molecule has 3 rings (SSSR count). The lowest BCUT2D eigenvalue weighted by molar-refractivity contribution is 0.168. The zero-order chi connectivity index (χ0) is 14.8. The SMILES string of the molecule is CC(C)COc1ccccc1NC1CC2CCC(C1)N2C. The largest absolute Gasteiger partial charge is 0.491 e. The minimum Gasteiger partial charge on any atom is -0.491 e. The maximum atomic E-state index is 5.96. The van der Waals surface area contributed by atoms with E-state index in [1.165, 1.54) is 25.7 Å². The van der Waals surface area contributed by atoms with E-state index in [4.69, 9.17) is 4.74 Å². The first-order valence-corrected chi connectivity index (χ1v) is 8.33. The smallest absolute Gasteiger partial charge is 0.142 e. The second-order valence-electron chi connectivity index (χ2n) is 7.06. The second kappa shape index (κ2) is 6.27. The molecule has 2 unspecified atom stereocenters. The molecule has 3 heteroatoms. The Morgan fingerprint density at radius 3 is 2.52 bits per heavy atom. The maximum absolute atomic E-state index is 5.96. The number of hydrogen-bond donors (Lipinski definition) is 1. The number of nitrogens with zero attached hydrogens (tertiary/aromatic N) is 1. The van der Waals surface area contributed by atoms with Crippen molar-refractivity contribution in [2.45, 2.75) is 57.7 Å². The normalized spacial score (nSPS) is 28.9. The number of nitrogens with one attached hydrogen (secondary N) is 1. The van der Waals surface area contributed by atoms with Crippen molar-refractivity contribution in [1.82, 2.24) is 4.90 Å². The molecule has 2 aliphatic heterocycles. The predicted octanol–water partition coefficient (Wildman–Crippen LogP) is 3.76. The fraction of sp³-hybridized carbons (Fsp3) is 0.667. The van der Waals surface area contributed by atoms with Crippen molar-refractivity contribution in [2.75, 3.05) is 19.0 Å². The minimum atomic E-state index is 0.553. The van der Waals surface area contributed by atoms with Gasteiger partial charge < -0.3 is 15.0 Å². The Morgan fingerprint density at radius 2 is 1.86 bits per heavy atom. The van der Waals surface area contributed by atoms with Crippen LogP contribution in [0.4, 0.5) is 5.69 Å². The summed E-state index contributed by atoms with van der Waals surface area (Å²) in [6.07, 6.45) is 5.24. The van der Waals surface area contributed by atoms with E-state index in [2.05, 4.69) is 55.4 Å². The summed E-state index contributed by atoms with van der Waals surface area (Å²) in [5.74, 6) is 1.55. The quantitative estimate of drug-likeness (QED) is 0.893. The number of benzene rings is 1. The van der Waals surface area contributed by atoms with Crippen molar-refractivity contribution < 1.29 is 4.74 Å². The van der Waals surface area contributed by atoms with Crippen LogP contribution in [0.3, 0.4) is 0 Å². The van der Waals surface area contributed by atoms with Crippen LogP contribution in [0.25, 0.3) is 0 Å². The van der Waals surface area contributed by atoms with Crippen LogP contribution in [-0.2, 0) is 0 Å². The van der Waals surface area contributed by atoms with Gasteiger partial charge in [0.05, 0.1) is 12.3 Å². The molecule has 1 aromatic rings. The Labute approximate surface area is 128 Å². The zero-order valence-electron chi connectivity index (χ0n) is 13.5. The number of hydrogen-bond acceptors (Lipinski definition) is 3. The van der Waals surface area contributed by atoms with Gasteiger partial charge in [-0.25, -0.2) is 0 Å². The van der Waals surface area contributed by atoms with Crippen molar-refractivity contribution in [2.24, 2.45) is 5.92 Å². The first kappa shape index (κ1) is 14.7. The Kier molecular flexibility index (Phi) is 4.39. The van der Waals surface area contributed by atoms with Gasteiger partial charge in [-0.3, -0.25) is 0 Å². The molecule has 0 saturated carbocycles. The number of ether oxygens (including phenoxy) is 1. The van der Waals surface area contributed by atoms with E-state index >= 15 is 0 Å². The molecule has 2 heterocycles. The third-order valence-electron chi connectivity index (χ3n) is 4.92. The molecule has 0 aromatic heterocycles. The van der Waals surface area contributed by atoms with Crippen LogP contribution >= 0.6 is 0 Å². The van der Waals surface area contributed by atoms with Crippen molar-refractivity contribution in [3.05, 3.63) is 24.3 Å². The maximum Gasteiger partial charge on any atom is 0.142 e. The average Bonchev–Trinajstić information content (AvgIpc) is 2.69. The van der Waals surface area contributed by atoms with Gasteiger partial charge in [-0.15, -0.1) is 0 Å².